The van der Waals surface area contributed by atoms with Crippen LogP contribution < -0.4 is 5.32 Å². The molecule has 3 nitrogen and oxygen atoms in total. The van der Waals surface area contributed by atoms with Crippen LogP contribution in [0.25, 0.3) is 0 Å². The average molecular weight is 214 g/mol. The summed E-state index contributed by atoms with van der Waals surface area (Å²) in [7, 11) is 0. The molecule has 1 atom stereocenters. The zero-order chi connectivity index (χ0) is 10.9. The first-order valence-corrected chi connectivity index (χ1v) is 6.37. The molecular formula is C12H26N2O. The SMILES string of the molecule is CCN(CC)CCCNCC1CCOC1. The Morgan fingerprint density at radius 2 is 2.13 bits per heavy atom. The van der Waals surface area contributed by atoms with Crippen LogP contribution in [-0.4, -0.2) is 50.8 Å². The maximum absolute atomic E-state index is 5.34. The van der Waals surface area contributed by atoms with Crippen LogP contribution in [0.2, 0.25) is 0 Å². The molecule has 0 aromatic rings. The lowest BCUT2D eigenvalue weighted by molar-refractivity contribution is 0.185. The number of ether oxygens (including phenoxy) is 1. The molecule has 0 aromatic carbocycles. The fraction of sp³-hybridized carbons (Fsp3) is 1.00. The number of nitrogens with one attached hydrogen (secondary N) is 1. The monoisotopic (exact) mass is 214 g/mol. The summed E-state index contributed by atoms with van der Waals surface area (Å²) in [6.45, 7) is 12.2. The van der Waals surface area contributed by atoms with E-state index in [0.29, 0.717) is 0 Å². The quantitative estimate of drug-likeness (QED) is 0.617. The maximum atomic E-state index is 5.34. The summed E-state index contributed by atoms with van der Waals surface area (Å²) in [5.41, 5.74) is 0. The van der Waals surface area contributed by atoms with Crippen molar-refractivity contribution in [2.45, 2.75) is 26.7 Å². The third kappa shape index (κ3) is 5.50. The number of nitrogens with zero attached hydrogens (tertiary/aromatic N) is 1. The van der Waals surface area contributed by atoms with E-state index in [4.69, 9.17) is 4.74 Å². The van der Waals surface area contributed by atoms with Gasteiger partial charge in [-0.25, -0.2) is 0 Å². The summed E-state index contributed by atoms with van der Waals surface area (Å²) in [6, 6.07) is 0. The van der Waals surface area contributed by atoms with Crippen LogP contribution in [-0.2, 0) is 4.74 Å². The van der Waals surface area contributed by atoms with E-state index in [2.05, 4.69) is 24.1 Å². The molecule has 0 aromatic heterocycles. The molecule has 0 bridgehead atoms. The van der Waals surface area contributed by atoms with Gasteiger partial charge in [-0.2, -0.15) is 0 Å². The molecular weight excluding hydrogens is 188 g/mol. The van der Waals surface area contributed by atoms with Crippen molar-refractivity contribution in [3.05, 3.63) is 0 Å². The van der Waals surface area contributed by atoms with Gasteiger partial charge in [-0.3, -0.25) is 0 Å². The first-order chi connectivity index (χ1) is 7.36. The highest BCUT2D eigenvalue weighted by molar-refractivity contribution is 4.66. The second kappa shape index (κ2) is 8.08. The minimum absolute atomic E-state index is 0.762. The second-order valence-corrected chi connectivity index (χ2v) is 4.31. The Bertz CT molecular complexity index is 139. The van der Waals surface area contributed by atoms with Gasteiger partial charge >= 0.3 is 0 Å². The van der Waals surface area contributed by atoms with Crippen molar-refractivity contribution >= 4 is 0 Å². The van der Waals surface area contributed by atoms with Crippen LogP contribution in [0.3, 0.4) is 0 Å². The minimum atomic E-state index is 0.762. The van der Waals surface area contributed by atoms with Crippen LogP contribution in [0.5, 0.6) is 0 Å². The van der Waals surface area contributed by atoms with Gasteiger partial charge in [0.05, 0.1) is 6.61 Å². The van der Waals surface area contributed by atoms with E-state index in [1.54, 1.807) is 0 Å². The Balaban J connectivity index is 1.87. The van der Waals surface area contributed by atoms with Crippen LogP contribution in [0, 0.1) is 5.92 Å². The molecule has 0 aliphatic carbocycles. The van der Waals surface area contributed by atoms with Gasteiger partial charge in [0.1, 0.15) is 0 Å². The maximum Gasteiger partial charge on any atom is 0.0507 e. The predicted molar refractivity (Wildman–Crippen MR) is 64.2 cm³/mol. The first kappa shape index (κ1) is 12.9. The molecule has 15 heavy (non-hydrogen) atoms. The van der Waals surface area contributed by atoms with Gasteiger partial charge in [0.25, 0.3) is 0 Å². The van der Waals surface area contributed by atoms with Crippen LogP contribution in [0.4, 0.5) is 0 Å². The van der Waals surface area contributed by atoms with Crippen molar-refractivity contribution in [2.24, 2.45) is 5.92 Å². The molecule has 1 fully saturated rings. The standard InChI is InChI=1S/C12H26N2O/c1-3-14(4-2)8-5-7-13-10-12-6-9-15-11-12/h12-13H,3-11H2,1-2H3. The molecule has 1 unspecified atom stereocenters. The van der Waals surface area contributed by atoms with Crippen LogP contribution in [0.1, 0.15) is 26.7 Å². The van der Waals surface area contributed by atoms with E-state index in [1.807, 2.05) is 0 Å². The average Bonchev–Trinajstić information content (AvgIpc) is 2.76. The molecule has 0 spiro atoms. The van der Waals surface area contributed by atoms with E-state index in [0.717, 1.165) is 32.2 Å². The van der Waals surface area contributed by atoms with Crippen molar-refractivity contribution in [3.63, 3.8) is 0 Å². The van der Waals surface area contributed by atoms with E-state index < -0.39 is 0 Å². The summed E-state index contributed by atoms with van der Waals surface area (Å²) >= 11 is 0. The molecule has 1 heterocycles. The van der Waals surface area contributed by atoms with Gasteiger partial charge in [-0.1, -0.05) is 13.8 Å². The molecule has 1 aliphatic rings. The van der Waals surface area contributed by atoms with Crippen molar-refractivity contribution in [1.82, 2.24) is 10.2 Å². The molecule has 3 heteroatoms. The van der Waals surface area contributed by atoms with Crippen molar-refractivity contribution in [3.8, 4) is 0 Å². The summed E-state index contributed by atoms with van der Waals surface area (Å²) in [4.78, 5) is 2.47. The third-order valence-corrected chi connectivity index (χ3v) is 3.18. The summed E-state index contributed by atoms with van der Waals surface area (Å²) in [5, 5.41) is 3.52. The molecule has 0 amide bonds. The Labute approximate surface area is 94.2 Å². The summed E-state index contributed by atoms with van der Waals surface area (Å²) in [5.74, 6) is 0.762. The lowest BCUT2D eigenvalue weighted by Crippen LogP contribution is -2.29. The molecule has 1 aliphatic heterocycles. The highest BCUT2D eigenvalue weighted by Crippen LogP contribution is 2.10. The van der Waals surface area contributed by atoms with Gasteiger partial charge in [-0.05, 0) is 44.9 Å². The van der Waals surface area contributed by atoms with Gasteiger partial charge in [-0.15, -0.1) is 0 Å². The van der Waals surface area contributed by atoms with Crippen LogP contribution in [0.15, 0.2) is 0 Å². The fourth-order valence-corrected chi connectivity index (χ4v) is 2.02. The van der Waals surface area contributed by atoms with Gasteiger partial charge < -0.3 is 15.0 Å². The van der Waals surface area contributed by atoms with Gasteiger partial charge in [0, 0.05) is 13.2 Å². The summed E-state index contributed by atoms with van der Waals surface area (Å²) < 4.78 is 5.34. The smallest absolute Gasteiger partial charge is 0.0507 e. The molecule has 0 saturated carbocycles. The topological polar surface area (TPSA) is 24.5 Å². The molecule has 1 saturated heterocycles. The van der Waals surface area contributed by atoms with E-state index >= 15 is 0 Å². The molecule has 1 rings (SSSR count). The minimum Gasteiger partial charge on any atom is -0.381 e. The Morgan fingerprint density at radius 1 is 1.33 bits per heavy atom. The van der Waals surface area contributed by atoms with E-state index in [9.17, 15) is 0 Å². The normalized spacial score (nSPS) is 21.4. The molecule has 1 N–H and O–H groups in total. The fourth-order valence-electron chi connectivity index (χ4n) is 2.02. The lowest BCUT2D eigenvalue weighted by atomic mass is 10.1. The second-order valence-electron chi connectivity index (χ2n) is 4.31. The Morgan fingerprint density at radius 3 is 2.73 bits per heavy atom. The van der Waals surface area contributed by atoms with Crippen molar-refractivity contribution in [2.75, 3.05) is 45.9 Å². The van der Waals surface area contributed by atoms with Crippen LogP contribution >= 0.6 is 0 Å². The Kier molecular flexibility index (Phi) is 6.98. The largest absolute Gasteiger partial charge is 0.381 e. The molecule has 90 valence electrons. The first-order valence-electron chi connectivity index (χ1n) is 6.37. The number of hydrogen-bond acceptors (Lipinski definition) is 3. The highest BCUT2D eigenvalue weighted by Gasteiger charge is 2.14. The zero-order valence-electron chi connectivity index (χ0n) is 10.3. The highest BCUT2D eigenvalue weighted by atomic mass is 16.5. The zero-order valence-corrected chi connectivity index (χ0v) is 10.3. The number of hydrogen-bond donors (Lipinski definition) is 1. The Hall–Kier alpha value is -0.120. The van der Waals surface area contributed by atoms with Gasteiger partial charge in [0.15, 0.2) is 0 Å². The predicted octanol–water partition coefficient (Wildman–Crippen LogP) is 1.34. The van der Waals surface area contributed by atoms with Crippen molar-refractivity contribution in [1.29, 1.82) is 0 Å². The lowest BCUT2D eigenvalue weighted by Gasteiger charge is -2.18. The van der Waals surface area contributed by atoms with Gasteiger partial charge in [0.2, 0.25) is 0 Å². The van der Waals surface area contributed by atoms with E-state index in [1.165, 1.54) is 32.5 Å². The number of rotatable bonds is 8. The summed E-state index contributed by atoms with van der Waals surface area (Å²) in [6.07, 6.45) is 2.50. The van der Waals surface area contributed by atoms with E-state index in [-0.39, 0.29) is 0 Å². The third-order valence-electron chi connectivity index (χ3n) is 3.18. The van der Waals surface area contributed by atoms with Crippen molar-refractivity contribution < 1.29 is 4.74 Å². The molecule has 0 radical (unpaired) electrons.